The standard InChI is InChI=1S/C21H22BrNO6/c1-3-28-18(10-11-19(25)26)20(16-12-14(22)6-9-17(16)24)29-21(27)23-15-7-4-13(2)5-8-15/h4-12,18,20,24H,3H2,1-2H3,(H,23,27)(H,25,26)/b11-10+/t18-,20-/m1/s1. The van der Waals surface area contributed by atoms with Gasteiger partial charge in [-0.3, -0.25) is 5.32 Å². The van der Waals surface area contributed by atoms with E-state index in [0.29, 0.717) is 10.2 Å². The minimum absolute atomic E-state index is 0.116. The highest BCUT2D eigenvalue weighted by Crippen LogP contribution is 2.34. The van der Waals surface area contributed by atoms with Gasteiger partial charge in [-0.15, -0.1) is 0 Å². The number of carboxylic acid groups (broad SMARTS) is 1. The molecule has 2 aromatic rings. The molecule has 1 amide bonds. The fraction of sp³-hybridized carbons (Fsp3) is 0.238. The Hall–Kier alpha value is -2.84. The van der Waals surface area contributed by atoms with Crippen molar-refractivity contribution >= 4 is 33.7 Å². The number of phenolic OH excluding ortho intramolecular Hbond substituents is 1. The Bertz CT molecular complexity index is 881. The normalized spacial score (nSPS) is 13.1. The maximum atomic E-state index is 12.5. The maximum absolute atomic E-state index is 12.5. The van der Waals surface area contributed by atoms with Gasteiger partial charge in [-0.2, -0.15) is 0 Å². The quantitative estimate of drug-likeness (QED) is 0.485. The monoisotopic (exact) mass is 463 g/mol. The van der Waals surface area contributed by atoms with Crippen LogP contribution in [0.2, 0.25) is 0 Å². The molecular weight excluding hydrogens is 442 g/mol. The first-order valence-electron chi connectivity index (χ1n) is 8.85. The zero-order chi connectivity index (χ0) is 21.4. The van der Waals surface area contributed by atoms with Crippen LogP contribution in [0.3, 0.4) is 0 Å². The molecule has 0 aliphatic heterocycles. The largest absolute Gasteiger partial charge is 0.508 e. The van der Waals surface area contributed by atoms with Crippen molar-refractivity contribution in [2.45, 2.75) is 26.1 Å². The topological polar surface area (TPSA) is 105 Å². The molecule has 0 saturated carbocycles. The van der Waals surface area contributed by atoms with Crippen LogP contribution in [0, 0.1) is 6.92 Å². The lowest BCUT2D eigenvalue weighted by Gasteiger charge is -2.26. The summed E-state index contributed by atoms with van der Waals surface area (Å²) in [5, 5.41) is 21.9. The Morgan fingerprint density at radius 1 is 1.21 bits per heavy atom. The summed E-state index contributed by atoms with van der Waals surface area (Å²) in [7, 11) is 0. The molecule has 2 rings (SSSR count). The number of aliphatic carboxylic acids is 1. The van der Waals surface area contributed by atoms with Gasteiger partial charge in [-0.25, -0.2) is 9.59 Å². The van der Waals surface area contributed by atoms with E-state index in [2.05, 4.69) is 21.2 Å². The molecule has 0 fully saturated rings. The molecule has 0 aliphatic carbocycles. The number of carbonyl (C=O) groups excluding carboxylic acids is 1. The second kappa shape index (κ2) is 10.6. The molecule has 2 aromatic carbocycles. The summed E-state index contributed by atoms with van der Waals surface area (Å²) in [5.74, 6) is -1.29. The van der Waals surface area contributed by atoms with Crippen LogP contribution in [0.5, 0.6) is 5.75 Å². The Kier molecular flexibility index (Phi) is 8.23. The highest BCUT2D eigenvalue weighted by molar-refractivity contribution is 9.10. The molecule has 0 saturated heterocycles. The van der Waals surface area contributed by atoms with Gasteiger partial charge in [0.1, 0.15) is 11.9 Å². The van der Waals surface area contributed by atoms with Crippen molar-refractivity contribution in [1.82, 2.24) is 0 Å². The third-order valence-corrected chi connectivity index (χ3v) is 4.41. The number of carboxylic acids is 1. The van der Waals surface area contributed by atoms with Crippen LogP contribution in [0.4, 0.5) is 10.5 Å². The molecule has 0 unspecified atom stereocenters. The molecule has 3 N–H and O–H groups in total. The molecule has 0 aliphatic rings. The molecular formula is C21H22BrNO6. The summed E-state index contributed by atoms with van der Waals surface area (Å²) in [4.78, 5) is 23.5. The van der Waals surface area contributed by atoms with Gasteiger partial charge in [0.15, 0.2) is 6.10 Å². The smallest absolute Gasteiger partial charge is 0.412 e. The highest BCUT2D eigenvalue weighted by Gasteiger charge is 2.29. The lowest BCUT2D eigenvalue weighted by atomic mass is 10.0. The number of phenols is 1. The number of aryl methyl sites for hydroxylation is 1. The van der Waals surface area contributed by atoms with Crippen molar-refractivity contribution in [2.75, 3.05) is 11.9 Å². The maximum Gasteiger partial charge on any atom is 0.412 e. The Morgan fingerprint density at radius 3 is 2.52 bits per heavy atom. The van der Waals surface area contributed by atoms with Crippen LogP contribution >= 0.6 is 15.9 Å². The van der Waals surface area contributed by atoms with E-state index in [-0.39, 0.29) is 17.9 Å². The number of hydrogen-bond acceptors (Lipinski definition) is 5. The van der Waals surface area contributed by atoms with Gasteiger partial charge in [0, 0.05) is 28.4 Å². The van der Waals surface area contributed by atoms with Crippen LogP contribution in [-0.2, 0) is 14.3 Å². The zero-order valence-electron chi connectivity index (χ0n) is 16.0. The number of carbonyl (C=O) groups is 2. The summed E-state index contributed by atoms with van der Waals surface area (Å²) < 4.78 is 11.8. The van der Waals surface area contributed by atoms with Crippen molar-refractivity contribution in [3.8, 4) is 5.75 Å². The molecule has 8 heteroatoms. The molecule has 0 spiro atoms. The average molecular weight is 464 g/mol. The van der Waals surface area contributed by atoms with E-state index in [1.165, 1.54) is 12.1 Å². The first kappa shape index (κ1) is 22.4. The molecule has 29 heavy (non-hydrogen) atoms. The van der Waals surface area contributed by atoms with Crippen molar-refractivity contribution < 1.29 is 29.3 Å². The minimum atomic E-state index is -1.17. The fourth-order valence-electron chi connectivity index (χ4n) is 2.57. The number of nitrogens with one attached hydrogen (secondary N) is 1. The van der Waals surface area contributed by atoms with Gasteiger partial charge in [0.05, 0.1) is 0 Å². The summed E-state index contributed by atoms with van der Waals surface area (Å²) in [6.07, 6.45) is -0.611. The molecule has 0 bridgehead atoms. The first-order chi connectivity index (χ1) is 13.8. The predicted molar refractivity (Wildman–Crippen MR) is 112 cm³/mol. The van der Waals surface area contributed by atoms with E-state index in [1.54, 1.807) is 31.2 Å². The third-order valence-electron chi connectivity index (χ3n) is 3.91. The molecule has 154 valence electrons. The fourth-order valence-corrected chi connectivity index (χ4v) is 2.95. The lowest BCUT2D eigenvalue weighted by Crippen LogP contribution is -2.28. The predicted octanol–water partition coefficient (Wildman–Crippen LogP) is 4.80. The zero-order valence-corrected chi connectivity index (χ0v) is 17.5. The van der Waals surface area contributed by atoms with Crippen molar-refractivity contribution in [3.05, 3.63) is 70.2 Å². The van der Waals surface area contributed by atoms with Crippen LogP contribution in [-0.4, -0.2) is 35.0 Å². The van der Waals surface area contributed by atoms with Crippen molar-refractivity contribution in [3.63, 3.8) is 0 Å². The lowest BCUT2D eigenvalue weighted by molar-refractivity contribution is -0.131. The molecule has 2 atom stereocenters. The third kappa shape index (κ3) is 6.92. The van der Waals surface area contributed by atoms with Crippen molar-refractivity contribution in [1.29, 1.82) is 0 Å². The second-order valence-electron chi connectivity index (χ2n) is 6.14. The number of rotatable bonds is 8. The number of amides is 1. The van der Waals surface area contributed by atoms with Crippen molar-refractivity contribution in [2.24, 2.45) is 0 Å². The van der Waals surface area contributed by atoms with E-state index in [9.17, 15) is 14.7 Å². The van der Waals surface area contributed by atoms with Crippen LogP contribution < -0.4 is 5.32 Å². The Balaban J connectivity index is 2.34. The summed E-state index contributed by atoms with van der Waals surface area (Å²) in [5.41, 5.74) is 1.84. The summed E-state index contributed by atoms with van der Waals surface area (Å²) in [6.45, 7) is 3.89. The second-order valence-corrected chi connectivity index (χ2v) is 7.05. The van der Waals surface area contributed by atoms with Gasteiger partial charge in [-0.1, -0.05) is 33.6 Å². The number of aromatic hydroxyl groups is 1. The van der Waals surface area contributed by atoms with Gasteiger partial charge >= 0.3 is 12.1 Å². The van der Waals surface area contributed by atoms with Gasteiger partial charge in [0.2, 0.25) is 0 Å². The first-order valence-corrected chi connectivity index (χ1v) is 9.65. The van der Waals surface area contributed by atoms with Gasteiger partial charge in [0.25, 0.3) is 0 Å². The highest BCUT2D eigenvalue weighted by atomic mass is 79.9. The Morgan fingerprint density at radius 2 is 1.90 bits per heavy atom. The van der Waals surface area contributed by atoms with Crippen LogP contribution in [0.15, 0.2) is 59.1 Å². The Labute approximate surface area is 177 Å². The van der Waals surface area contributed by atoms with E-state index in [4.69, 9.17) is 14.6 Å². The van der Waals surface area contributed by atoms with Crippen LogP contribution in [0.1, 0.15) is 24.2 Å². The van der Waals surface area contributed by atoms with E-state index >= 15 is 0 Å². The van der Waals surface area contributed by atoms with E-state index in [1.807, 2.05) is 19.1 Å². The van der Waals surface area contributed by atoms with Crippen LogP contribution in [0.25, 0.3) is 0 Å². The molecule has 0 heterocycles. The molecule has 7 nitrogen and oxygen atoms in total. The molecule has 0 radical (unpaired) electrons. The van der Waals surface area contributed by atoms with E-state index in [0.717, 1.165) is 11.6 Å². The van der Waals surface area contributed by atoms with E-state index < -0.39 is 24.3 Å². The van der Waals surface area contributed by atoms with Gasteiger partial charge < -0.3 is 19.7 Å². The SMILES string of the molecule is CCO[C@H](/C=C/C(=O)O)[C@H](OC(=O)Nc1ccc(C)cc1)c1cc(Br)ccc1O. The van der Waals surface area contributed by atoms with Gasteiger partial charge in [-0.05, 0) is 50.3 Å². The number of benzene rings is 2. The summed E-state index contributed by atoms with van der Waals surface area (Å²) >= 11 is 3.32. The number of halogens is 1. The summed E-state index contributed by atoms with van der Waals surface area (Å²) in [6, 6.07) is 11.8. The number of anilines is 1. The number of hydrogen-bond donors (Lipinski definition) is 3. The number of ether oxygens (including phenoxy) is 2. The minimum Gasteiger partial charge on any atom is -0.508 e. The molecule has 0 aromatic heterocycles. The average Bonchev–Trinajstić information content (AvgIpc) is 2.67.